The summed E-state index contributed by atoms with van der Waals surface area (Å²) in [7, 11) is 0. The van der Waals surface area contributed by atoms with Gasteiger partial charge in [-0.1, -0.05) is 196 Å². The quantitative estimate of drug-likeness (QED) is 0.0266. The molecule has 6 N–H and O–H groups in total. The molecule has 0 aliphatic carbocycles. The van der Waals surface area contributed by atoms with Crippen LogP contribution in [-0.4, -0.2) is 87.5 Å². The lowest BCUT2D eigenvalue weighted by Gasteiger charge is -2.40. The Bertz CT molecular complexity index is 1150. The zero-order valence-electron chi connectivity index (χ0n) is 37.2. The van der Waals surface area contributed by atoms with Crippen molar-refractivity contribution >= 4 is 5.91 Å². The van der Waals surface area contributed by atoms with Gasteiger partial charge in [0.15, 0.2) is 6.29 Å². The summed E-state index contributed by atoms with van der Waals surface area (Å²) in [6, 6.07) is -0.763. The van der Waals surface area contributed by atoms with Gasteiger partial charge in [-0.3, -0.25) is 4.79 Å². The minimum Gasteiger partial charge on any atom is -0.394 e. The van der Waals surface area contributed by atoms with Gasteiger partial charge in [-0.15, -0.1) is 0 Å². The number of rotatable bonds is 38. The monoisotopic (exact) mass is 830 g/mol. The number of hydrogen-bond acceptors (Lipinski definition) is 8. The smallest absolute Gasteiger partial charge is 0.220 e. The summed E-state index contributed by atoms with van der Waals surface area (Å²) < 4.78 is 11.2. The fraction of sp³-hybridized carbons (Fsp3) is 0.740. The van der Waals surface area contributed by atoms with E-state index in [0.717, 1.165) is 57.8 Å². The number of carbonyl (C=O) groups is 1. The van der Waals surface area contributed by atoms with Gasteiger partial charge in [-0.2, -0.15) is 0 Å². The second-order valence-electron chi connectivity index (χ2n) is 16.2. The number of aliphatic hydroxyl groups excluding tert-OH is 5. The zero-order valence-corrected chi connectivity index (χ0v) is 37.2. The van der Waals surface area contributed by atoms with Crippen LogP contribution in [0.5, 0.6) is 0 Å². The average molecular weight is 830 g/mol. The molecule has 1 fully saturated rings. The second kappa shape index (κ2) is 39.7. The molecule has 1 aliphatic heterocycles. The van der Waals surface area contributed by atoms with E-state index in [1.54, 1.807) is 0 Å². The summed E-state index contributed by atoms with van der Waals surface area (Å²) in [6.07, 6.45) is 46.3. The molecule has 0 bridgehead atoms. The summed E-state index contributed by atoms with van der Waals surface area (Å²) in [4.78, 5) is 13.0. The summed E-state index contributed by atoms with van der Waals surface area (Å²) in [5, 5.41) is 54.3. The molecule has 1 rings (SSSR count). The van der Waals surface area contributed by atoms with Crippen LogP contribution in [0.3, 0.4) is 0 Å². The van der Waals surface area contributed by atoms with Crippen LogP contribution in [0.25, 0.3) is 0 Å². The number of unbranched alkanes of at least 4 members (excludes halogenated alkanes) is 16. The van der Waals surface area contributed by atoms with Crippen molar-refractivity contribution in [2.24, 2.45) is 0 Å². The molecule has 7 atom stereocenters. The number of nitrogens with one attached hydrogen (secondary N) is 1. The third-order valence-corrected chi connectivity index (χ3v) is 10.8. The Kier molecular flexibility index (Phi) is 36.8. The molecule has 0 aromatic rings. The fourth-order valence-corrected chi connectivity index (χ4v) is 7.07. The Labute approximate surface area is 359 Å². The van der Waals surface area contributed by atoms with Crippen molar-refractivity contribution in [1.29, 1.82) is 0 Å². The highest BCUT2D eigenvalue weighted by molar-refractivity contribution is 5.76. The van der Waals surface area contributed by atoms with Gasteiger partial charge in [0.05, 0.1) is 25.4 Å². The number of carbonyl (C=O) groups excluding carboxylic acids is 1. The normalized spacial score (nSPS) is 21.4. The largest absolute Gasteiger partial charge is 0.394 e. The van der Waals surface area contributed by atoms with E-state index in [1.807, 2.05) is 12.2 Å². The van der Waals surface area contributed by atoms with Crippen molar-refractivity contribution in [2.75, 3.05) is 13.2 Å². The van der Waals surface area contributed by atoms with Crippen LogP contribution in [0.15, 0.2) is 72.9 Å². The van der Waals surface area contributed by atoms with E-state index in [9.17, 15) is 30.3 Å². The van der Waals surface area contributed by atoms with Crippen LogP contribution < -0.4 is 5.32 Å². The summed E-state index contributed by atoms with van der Waals surface area (Å²) in [6.45, 7) is 3.67. The van der Waals surface area contributed by atoms with Gasteiger partial charge in [-0.25, -0.2) is 0 Å². The topological polar surface area (TPSA) is 149 Å². The first-order valence-corrected chi connectivity index (χ1v) is 23.6. The lowest BCUT2D eigenvalue weighted by Crippen LogP contribution is -2.60. The molecule has 0 spiro atoms. The molecule has 7 unspecified atom stereocenters. The molecular weight excluding hydrogens is 743 g/mol. The Balaban J connectivity index is 2.39. The molecule has 1 saturated heterocycles. The van der Waals surface area contributed by atoms with Gasteiger partial charge in [0.2, 0.25) is 5.91 Å². The maximum atomic E-state index is 13.0. The van der Waals surface area contributed by atoms with E-state index in [2.05, 4.69) is 79.9 Å². The van der Waals surface area contributed by atoms with Gasteiger partial charge in [0.1, 0.15) is 24.4 Å². The molecule has 59 heavy (non-hydrogen) atoms. The third kappa shape index (κ3) is 30.3. The van der Waals surface area contributed by atoms with Crippen LogP contribution in [0.4, 0.5) is 0 Å². The van der Waals surface area contributed by atoms with E-state index < -0.39 is 49.5 Å². The lowest BCUT2D eigenvalue weighted by molar-refractivity contribution is -0.302. The number of ether oxygens (including phenoxy) is 2. The Morgan fingerprint density at radius 3 is 1.46 bits per heavy atom. The molecule has 9 heteroatoms. The van der Waals surface area contributed by atoms with Crippen LogP contribution in [-0.2, 0) is 14.3 Å². The Morgan fingerprint density at radius 1 is 0.593 bits per heavy atom. The third-order valence-electron chi connectivity index (χ3n) is 10.8. The zero-order chi connectivity index (χ0) is 43.0. The summed E-state index contributed by atoms with van der Waals surface area (Å²) >= 11 is 0. The maximum absolute atomic E-state index is 13.0. The van der Waals surface area contributed by atoms with Gasteiger partial charge in [0.25, 0.3) is 0 Å². The minimum atomic E-state index is -1.57. The van der Waals surface area contributed by atoms with E-state index >= 15 is 0 Å². The predicted octanol–water partition coefficient (Wildman–Crippen LogP) is 10.2. The highest BCUT2D eigenvalue weighted by atomic mass is 16.7. The minimum absolute atomic E-state index is 0.172. The molecule has 9 nitrogen and oxygen atoms in total. The van der Waals surface area contributed by atoms with E-state index in [4.69, 9.17) is 9.47 Å². The van der Waals surface area contributed by atoms with Gasteiger partial charge in [-0.05, 0) is 51.4 Å². The van der Waals surface area contributed by atoms with E-state index in [1.165, 1.54) is 89.9 Å². The number of allylic oxidation sites excluding steroid dienone is 12. The van der Waals surface area contributed by atoms with Crippen LogP contribution >= 0.6 is 0 Å². The molecule has 1 amide bonds. The maximum Gasteiger partial charge on any atom is 0.220 e. The molecule has 0 radical (unpaired) electrons. The molecule has 1 aliphatic rings. The van der Waals surface area contributed by atoms with Crippen molar-refractivity contribution in [2.45, 2.75) is 224 Å². The van der Waals surface area contributed by atoms with Crippen molar-refractivity contribution in [3.05, 3.63) is 72.9 Å². The molecule has 340 valence electrons. The van der Waals surface area contributed by atoms with Crippen LogP contribution in [0.2, 0.25) is 0 Å². The second-order valence-corrected chi connectivity index (χ2v) is 16.2. The Hall–Kier alpha value is -2.37. The van der Waals surface area contributed by atoms with Gasteiger partial charge in [0, 0.05) is 6.42 Å². The molecule has 0 saturated carbocycles. The first-order chi connectivity index (χ1) is 28.8. The van der Waals surface area contributed by atoms with Gasteiger partial charge < -0.3 is 40.3 Å². The van der Waals surface area contributed by atoms with Crippen molar-refractivity contribution in [3.8, 4) is 0 Å². The highest BCUT2D eigenvalue weighted by Gasteiger charge is 2.44. The SMILES string of the molecule is CC/C=C\C/C=C\C/C=C\C/C=C\C/C=C\C/C=C\CCC(=O)NC(COC1OC(CO)C(O)C(O)C1O)C(O)CCCCCCCCCCCCCCCCCCC. The fourth-order valence-electron chi connectivity index (χ4n) is 7.07. The Morgan fingerprint density at radius 2 is 1.02 bits per heavy atom. The molecule has 0 aromatic carbocycles. The molecular formula is C50H87NO8. The molecule has 1 heterocycles. The standard InChI is InChI=1S/C50H87NO8/c1-3-5-7-9-11-13-15-17-19-21-22-24-26-28-30-32-34-36-38-40-46(54)51-43(42-58-50-49(57)48(56)47(55)45(41-52)59-50)44(53)39-37-35-33-31-29-27-25-23-20-18-16-14-12-10-8-6-4-2/h5,7,11,13,17,19,22,24,28,30,34,36,43-45,47-50,52-53,55-57H,3-4,6,8-10,12,14-16,18,20-21,23,25-27,29,31-33,35,37-42H2,1-2H3,(H,51,54)/b7-5-,13-11-,19-17-,24-22-,30-28-,36-34-. The van der Waals surface area contributed by atoms with E-state index in [-0.39, 0.29) is 18.9 Å². The van der Waals surface area contributed by atoms with Crippen molar-refractivity contribution in [1.82, 2.24) is 5.32 Å². The van der Waals surface area contributed by atoms with Crippen LogP contribution in [0, 0.1) is 0 Å². The number of amides is 1. The lowest BCUT2D eigenvalue weighted by atomic mass is 9.99. The summed E-state index contributed by atoms with van der Waals surface area (Å²) in [5.74, 6) is -0.228. The number of hydrogen-bond donors (Lipinski definition) is 6. The van der Waals surface area contributed by atoms with E-state index in [0.29, 0.717) is 12.8 Å². The highest BCUT2D eigenvalue weighted by Crippen LogP contribution is 2.23. The first-order valence-electron chi connectivity index (χ1n) is 23.6. The first kappa shape index (κ1) is 54.6. The summed E-state index contributed by atoms with van der Waals surface area (Å²) in [5.41, 5.74) is 0. The van der Waals surface area contributed by atoms with Crippen LogP contribution in [0.1, 0.15) is 181 Å². The number of aliphatic hydroxyl groups is 5. The predicted molar refractivity (Wildman–Crippen MR) is 244 cm³/mol. The van der Waals surface area contributed by atoms with Crippen molar-refractivity contribution in [3.63, 3.8) is 0 Å². The molecule has 0 aromatic heterocycles. The van der Waals surface area contributed by atoms with Gasteiger partial charge >= 0.3 is 0 Å². The van der Waals surface area contributed by atoms with Crippen molar-refractivity contribution < 1.29 is 39.8 Å². The average Bonchev–Trinajstić information content (AvgIpc) is 3.23.